The van der Waals surface area contributed by atoms with E-state index in [-0.39, 0.29) is 34.7 Å². The lowest BCUT2D eigenvalue weighted by Gasteiger charge is -2.50. The van der Waals surface area contributed by atoms with Crippen LogP contribution in [0.15, 0.2) is 47.2 Å². The van der Waals surface area contributed by atoms with E-state index < -0.39 is 87.5 Å². The molecule has 2 aliphatic heterocycles. The number of ketones is 1. The molecule has 23 nitrogen and oxygen atoms in total. The van der Waals surface area contributed by atoms with Crippen molar-refractivity contribution in [1.82, 2.24) is 24.9 Å². The topological polar surface area (TPSA) is 277 Å². The Balaban J connectivity index is 1.26. The molecule has 1 aromatic carbocycles. The van der Waals surface area contributed by atoms with E-state index in [4.69, 9.17) is 28.3 Å². The number of alkyl carbamates (subject to hydrolysis) is 1. The highest BCUT2D eigenvalue weighted by Gasteiger charge is 2.57. The van der Waals surface area contributed by atoms with Gasteiger partial charge in [-0.3, -0.25) is 18.9 Å². The van der Waals surface area contributed by atoms with Crippen LogP contribution >= 0.6 is 11.3 Å². The molecule has 3 N–H and O–H groups in total. The number of nitrogens with one attached hydrogen (secondary N) is 2. The number of carbonyl (C=O) groups excluding carboxylic acids is 6. The summed E-state index contributed by atoms with van der Waals surface area (Å²) < 4.78 is 62.4. The lowest BCUT2D eigenvalue weighted by molar-refractivity contribution is -0.781. The van der Waals surface area contributed by atoms with Crippen LogP contribution in [0, 0.1) is 18.8 Å². The second kappa shape index (κ2) is 22.1. The Hall–Kier alpha value is -6.18. The molecule has 2 aliphatic rings. The molecule has 0 aliphatic carbocycles. The molecular weight excluding hydrogens is 969 g/mol. The SMILES string of the molecule is Cc1nc(/C(=N/O[C@@H](COc2ccc(C(=O)Nc3cn(CCCNC(=O)OC(C)(C)C)[n+](CC4CN(C(=O)OC(C)(C)C)C4)c3)cc2)C(=O)OC(C)(C)C)C(=O)C[C@@H]2C(=O)N(OS(=O)(=O)O)C2(C)C)cs1. The Bertz CT molecular complexity index is 2580. The number of hydrogen-bond donors (Lipinski definition) is 3. The van der Waals surface area contributed by atoms with Gasteiger partial charge in [0.1, 0.15) is 40.5 Å². The number of esters is 1. The first-order chi connectivity index (χ1) is 32.8. The van der Waals surface area contributed by atoms with E-state index in [0.717, 1.165) is 0 Å². The summed E-state index contributed by atoms with van der Waals surface area (Å²) in [6, 6.07) is 6.07. The van der Waals surface area contributed by atoms with Crippen LogP contribution in [-0.4, -0.2) is 129 Å². The summed E-state index contributed by atoms with van der Waals surface area (Å²) in [5, 5.41) is 12.3. The zero-order valence-electron chi connectivity index (χ0n) is 42.1. The molecule has 2 aromatic heterocycles. The lowest BCUT2D eigenvalue weighted by Crippen LogP contribution is -2.68. The fourth-order valence-corrected chi connectivity index (χ4v) is 8.21. The fourth-order valence-electron chi connectivity index (χ4n) is 7.15. The summed E-state index contributed by atoms with van der Waals surface area (Å²) in [4.78, 5) is 90.1. The van der Waals surface area contributed by atoms with Crippen molar-refractivity contribution >= 4 is 68.9 Å². The first-order valence-electron chi connectivity index (χ1n) is 22.8. The van der Waals surface area contributed by atoms with Gasteiger partial charge in [-0.05, 0) is 114 Å². The predicted octanol–water partition coefficient (Wildman–Crippen LogP) is 5.02. The molecule has 2 atom stereocenters. The number of oxime groups is 1. The van der Waals surface area contributed by atoms with E-state index in [0.29, 0.717) is 54.9 Å². The van der Waals surface area contributed by atoms with E-state index in [1.807, 2.05) is 30.1 Å². The average Bonchev–Trinajstić information content (AvgIpc) is 3.82. The van der Waals surface area contributed by atoms with Gasteiger partial charge in [0.2, 0.25) is 6.20 Å². The summed E-state index contributed by atoms with van der Waals surface area (Å²) in [6.07, 6.45) is 1.20. The number of Topliss-reactive ketones (excluding diaryl/α,β-unsaturated/α-hetero) is 1. The molecule has 0 bridgehead atoms. The first-order valence-corrected chi connectivity index (χ1v) is 25.0. The van der Waals surface area contributed by atoms with Gasteiger partial charge in [0.25, 0.3) is 17.9 Å². The minimum Gasteiger partial charge on any atom is -0.489 e. The van der Waals surface area contributed by atoms with Crippen molar-refractivity contribution in [3.63, 3.8) is 0 Å². The van der Waals surface area contributed by atoms with Gasteiger partial charge in [-0.25, -0.2) is 19.4 Å². The fraction of sp³-hybridized carbons (Fsp3) is 0.587. The highest BCUT2D eigenvalue weighted by atomic mass is 32.3. The van der Waals surface area contributed by atoms with Crippen molar-refractivity contribution in [3.05, 3.63) is 58.3 Å². The molecule has 3 aromatic rings. The standard InChI is InChI=1S/C46H64N8O15S2/c1-28-48-34(27-70-28)37(35(55)20-33-39(57)54(46(33,11)12)69-71(61,62)63)50-68-36(40(58)65-43(2,3)4)26-64-32-16-14-30(15-17-32)38(56)49-31-24-52(19-13-18-47-41(59)66-44(5,6)7)53(25-31)23-29-21-51(22-29)42(60)67-45(8,9)10/h14-17,24-25,27,29,33,36H,13,18-23,26H2,1-12H3,(H2-,47,49,56,59,61,62,63)/p+1/b50-37-/t33-,36+/m1/s1. The highest BCUT2D eigenvalue weighted by molar-refractivity contribution is 7.80. The molecule has 25 heteroatoms. The Morgan fingerprint density at radius 1 is 0.972 bits per heavy atom. The first kappa shape index (κ1) is 55.7. The molecule has 0 radical (unpaired) electrons. The summed E-state index contributed by atoms with van der Waals surface area (Å²) in [5.41, 5.74) is -3.02. The van der Waals surface area contributed by atoms with Gasteiger partial charge in [0.15, 0.2) is 18.0 Å². The van der Waals surface area contributed by atoms with Crippen molar-refractivity contribution < 1.29 is 74.5 Å². The highest BCUT2D eigenvalue weighted by Crippen LogP contribution is 2.41. The zero-order chi connectivity index (χ0) is 52.9. The number of benzene rings is 1. The monoisotopic (exact) mass is 1030 g/mol. The summed E-state index contributed by atoms with van der Waals surface area (Å²) in [7, 11) is -5.03. The zero-order valence-corrected chi connectivity index (χ0v) is 43.7. The normalized spacial score (nSPS) is 16.8. The van der Waals surface area contributed by atoms with Gasteiger partial charge in [-0.1, -0.05) is 5.16 Å². The number of hydrogen-bond acceptors (Lipinski definition) is 17. The van der Waals surface area contributed by atoms with Crippen LogP contribution in [0.25, 0.3) is 0 Å². The summed E-state index contributed by atoms with van der Waals surface area (Å²) >= 11 is 1.20. The maximum Gasteiger partial charge on any atom is 0.418 e. The van der Waals surface area contributed by atoms with Gasteiger partial charge in [0, 0.05) is 37.0 Å². The number of likely N-dealkylation sites (tertiary alicyclic amines) is 1. The van der Waals surface area contributed by atoms with E-state index in [2.05, 4.69) is 25.1 Å². The molecule has 71 heavy (non-hydrogen) atoms. The molecule has 5 rings (SSSR count). The van der Waals surface area contributed by atoms with Crippen LogP contribution in [0.3, 0.4) is 0 Å². The number of ether oxygens (including phenoxy) is 4. The molecule has 4 amide bonds. The third-order valence-corrected chi connectivity index (χ3v) is 11.6. The van der Waals surface area contributed by atoms with E-state index in [1.54, 1.807) is 65.8 Å². The smallest absolute Gasteiger partial charge is 0.418 e. The number of β-lactam (4-membered cyclic amide) rings is 1. The summed E-state index contributed by atoms with van der Waals surface area (Å²) in [5.74, 6) is -3.64. The molecule has 2 saturated heterocycles. The number of aryl methyl sites for hydroxylation is 2. The predicted molar refractivity (Wildman–Crippen MR) is 255 cm³/mol. The Labute approximate surface area is 417 Å². The third kappa shape index (κ3) is 16.4. The van der Waals surface area contributed by atoms with E-state index in [9.17, 15) is 37.2 Å². The number of anilines is 1. The Morgan fingerprint density at radius 3 is 2.17 bits per heavy atom. The second-order valence-corrected chi connectivity index (χ2v) is 22.7. The Kier molecular flexibility index (Phi) is 17.3. The van der Waals surface area contributed by atoms with Crippen LogP contribution in [0.1, 0.15) is 110 Å². The quantitative estimate of drug-likeness (QED) is 0.0196. The maximum atomic E-state index is 13.8. The van der Waals surface area contributed by atoms with E-state index >= 15 is 0 Å². The number of thiazole rings is 1. The lowest BCUT2D eigenvalue weighted by atomic mass is 9.74. The van der Waals surface area contributed by atoms with Crippen molar-refractivity contribution in [2.45, 2.75) is 137 Å². The third-order valence-electron chi connectivity index (χ3n) is 10.5. The van der Waals surface area contributed by atoms with Crippen molar-refractivity contribution in [2.24, 2.45) is 17.0 Å². The average molecular weight is 1030 g/mol. The molecular formula is C46H65N8O15S2+. The van der Waals surface area contributed by atoms with Crippen LogP contribution in [0.5, 0.6) is 5.75 Å². The molecule has 4 heterocycles. The van der Waals surface area contributed by atoms with E-state index in [1.165, 1.54) is 54.8 Å². The number of aromatic nitrogens is 3. The number of amides is 4. The van der Waals surface area contributed by atoms with Crippen molar-refractivity contribution in [1.29, 1.82) is 0 Å². The number of carbonyl (C=O) groups is 6. The van der Waals surface area contributed by atoms with Crippen molar-refractivity contribution in [3.8, 4) is 5.75 Å². The van der Waals surface area contributed by atoms with Crippen LogP contribution in [0.4, 0.5) is 15.3 Å². The molecule has 2 fully saturated rings. The molecule has 390 valence electrons. The van der Waals surface area contributed by atoms with Gasteiger partial charge in [0.05, 0.1) is 35.1 Å². The Morgan fingerprint density at radius 2 is 1.61 bits per heavy atom. The second-order valence-electron chi connectivity index (χ2n) is 20.6. The van der Waals surface area contributed by atoms with Gasteiger partial charge < -0.3 is 39.3 Å². The minimum absolute atomic E-state index is 0.0924. The minimum atomic E-state index is -5.03. The number of hydroxylamine groups is 2. The largest absolute Gasteiger partial charge is 0.489 e. The number of nitrogens with zero attached hydrogens (tertiary/aromatic N) is 6. The number of rotatable bonds is 20. The molecule has 0 unspecified atom stereocenters. The van der Waals surface area contributed by atoms with Crippen LogP contribution in [0.2, 0.25) is 0 Å². The maximum absolute atomic E-state index is 13.8. The van der Waals surface area contributed by atoms with Crippen molar-refractivity contribution in [2.75, 3.05) is 31.6 Å². The van der Waals surface area contributed by atoms with Crippen LogP contribution in [-0.2, 0) is 61.2 Å². The van der Waals surface area contributed by atoms with Gasteiger partial charge >= 0.3 is 28.6 Å². The van der Waals surface area contributed by atoms with Gasteiger partial charge in [-0.2, -0.15) is 18.2 Å². The summed E-state index contributed by atoms with van der Waals surface area (Å²) in [6.45, 7) is 22.2. The molecule has 0 spiro atoms. The van der Waals surface area contributed by atoms with Crippen LogP contribution < -0.4 is 20.1 Å². The molecule has 0 saturated carbocycles. The van der Waals surface area contributed by atoms with Gasteiger partial charge in [-0.15, -0.1) is 20.3 Å².